The molecule has 2 heterocycles. The number of ether oxygens (including phenoxy) is 1. The van der Waals surface area contributed by atoms with Gasteiger partial charge in [0.1, 0.15) is 0 Å². The van der Waals surface area contributed by atoms with Crippen LogP contribution in [0.3, 0.4) is 0 Å². The van der Waals surface area contributed by atoms with Crippen molar-refractivity contribution in [2.24, 2.45) is 5.92 Å². The molecule has 1 saturated heterocycles. The van der Waals surface area contributed by atoms with Crippen LogP contribution in [0.4, 0.5) is 0 Å². The largest absolute Gasteiger partial charge is 0.478 e. The summed E-state index contributed by atoms with van der Waals surface area (Å²) >= 11 is 0. The number of carbonyl (C=O) groups is 2. The second-order valence-corrected chi connectivity index (χ2v) is 8.34. The Morgan fingerprint density at radius 3 is 2.41 bits per heavy atom. The Labute approximate surface area is 198 Å². The van der Waals surface area contributed by atoms with Gasteiger partial charge in [0.05, 0.1) is 12.0 Å². The van der Waals surface area contributed by atoms with Crippen molar-refractivity contribution in [3.05, 3.63) is 71.8 Å². The van der Waals surface area contributed by atoms with E-state index in [0.717, 1.165) is 29.9 Å². The van der Waals surface area contributed by atoms with Crippen LogP contribution < -0.4 is 4.74 Å². The van der Waals surface area contributed by atoms with Gasteiger partial charge in [-0.2, -0.15) is 0 Å². The summed E-state index contributed by atoms with van der Waals surface area (Å²) < 4.78 is 11.3. The first-order valence-corrected chi connectivity index (χ1v) is 11.3. The van der Waals surface area contributed by atoms with Crippen molar-refractivity contribution in [1.29, 1.82) is 0 Å². The Balaban J connectivity index is 0.000000350. The van der Waals surface area contributed by atoms with Gasteiger partial charge in [0, 0.05) is 18.7 Å². The maximum absolute atomic E-state index is 9.55. The van der Waals surface area contributed by atoms with E-state index in [1.165, 1.54) is 37.1 Å². The zero-order chi connectivity index (χ0) is 24.3. The fraction of sp³-hybridized carbons (Fsp3) is 0.346. The summed E-state index contributed by atoms with van der Waals surface area (Å²) in [4.78, 5) is 21.7. The highest BCUT2D eigenvalue weighted by molar-refractivity contribution is 5.89. The predicted molar refractivity (Wildman–Crippen MR) is 128 cm³/mol. The summed E-state index contributed by atoms with van der Waals surface area (Å²) in [6.45, 7) is 6.18. The van der Waals surface area contributed by atoms with Crippen LogP contribution in [0.15, 0.2) is 65.2 Å². The molecule has 0 spiro atoms. The molecule has 8 nitrogen and oxygen atoms in total. The molecular formula is C26H30N2O6. The molecule has 1 aliphatic rings. The standard InChI is InChI=1S/C22H26N2O2.C4H4O4/c1-17-7-8-21-20(15-17)22(23-26-21)25-14-11-18-9-12-24(13-10-18)16-19-5-3-2-4-6-19;5-3(6)1-2-4(7)8/h2-8,15,18H,9-14,16H2,1H3;1-2H,(H,5,6)(H,7,8). The molecule has 0 aliphatic carbocycles. The molecule has 0 unspecified atom stereocenters. The molecule has 1 aromatic heterocycles. The van der Waals surface area contributed by atoms with Crippen molar-refractivity contribution in [1.82, 2.24) is 10.1 Å². The van der Waals surface area contributed by atoms with Crippen molar-refractivity contribution in [3.63, 3.8) is 0 Å². The van der Waals surface area contributed by atoms with Crippen LogP contribution in [-0.4, -0.2) is 51.9 Å². The summed E-state index contributed by atoms with van der Waals surface area (Å²) in [7, 11) is 0. The second kappa shape index (κ2) is 12.6. The van der Waals surface area contributed by atoms with Gasteiger partial charge in [-0.25, -0.2) is 9.59 Å². The molecule has 2 aromatic carbocycles. The van der Waals surface area contributed by atoms with Crippen LogP contribution in [0, 0.1) is 12.8 Å². The maximum atomic E-state index is 9.55. The zero-order valence-corrected chi connectivity index (χ0v) is 19.2. The van der Waals surface area contributed by atoms with Gasteiger partial charge in [0.15, 0.2) is 5.58 Å². The monoisotopic (exact) mass is 466 g/mol. The zero-order valence-electron chi connectivity index (χ0n) is 19.2. The van der Waals surface area contributed by atoms with Gasteiger partial charge in [-0.15, -0.1) is 0 Å². The number of hydrogen-bond donors (Lipinski definition) is 2. The first-order valence-electron chi connectivity index (χ1n) is 11.3. The fourth-order valence-corrected chi connectivity index (χ4v) is 3.87. The smallest absolute Gasteiger partial charge is 0.328 e. The number of rotatable bonds is 8. The molecule has 0 bridgehead atoms. The highest BCUT2D eigenvalue weighted by Gasteiger charge is 2.19. The van der Waals surface area contributed by atoms with E-state index in [9.17, 15) is 9.59 Å². The van der Waals surface area contributed by atoms with Gasteiger partial charge in [0.2, 0.25) is 0 Å². The molecule has 34 heavy (non-hydrogen) atoms. The van der Waals surface area contributed by atoms with E-state index in [0.29, 0.717) is 24.6 Å². The number of aliphatic carboxylic acids is 2. The quantitative estimate of drug-likeness (QED) is 0.466. The lowest BCUT2D eigenvalue weighted by atomic mass is 9.93. The van der Waals surface area contributed by atoms with Crippen LogP contribution in [0.2, 0.25) is 0 Å². The Kier molecular flexibility index (Phi) is 9.22. The number of hydrogen-bond acceptors (Lipinski definition) is 6. The number of benzene rings is 2. The number of likely N-dealkylation sites (tertiary alicyclic amines) is 1. The average Bonchev–Trinajstić information content (AvgIpc) is 3.22. The number of aromatic nitrogens is 1. The lowest BCUT2D eigenvalue weighted by Crippen LogP contribution is -2.33. The molecule has 180 valence electrons. The summed E-state index contributed by atoms with van der Waals surface area (Å²) in [5.41, 5.74) is 3.39. The van der Waals surface area contributed by atoms with Crippen LogP contribution in [0.25, 0.3) is 11.0 Å². The minimum atomic E-state index is -1.26. The normalized spacial score (nSPS) is 14.6. The maximum Gasteiger partial charge on any atom is 0.328 e. The average molecular weight is 467 g/mol. The van der Waals surface area contributed by atoms with E-state index in [1.54, 1.807) is 0 Å². The number of carboxylic acid groups (broad SMARTS) is 2. The SMILES string of the molecule is Cc1ccc2onc(OCCC3CCN(Cc4ccccc4)CC3)c2c1.O=C(O)C=CC(=O)O. The number of aryl methyl sites for hydroxylation is 1. The Hall–Kier alpha value is -3.65. The van der Waals surface area contributed by atoms with Gasteiger partial charge in [-0.1, -0.05) is 42.0 Å². The minimum absolute atomic E-state index is 0.558. The highest BCUT2D eigenvalue weighted by Crippen LogP contribution is 2.27. The third-order valence-corrected chi connectivity index (χ3v) is 5.68. The molecule has 0 radical (unpaired) electrons. The topological polar surface area (TPSA) is 113 Å². The summed E-state index contributed by atoms with van der Waals surface area (Å²) in [6.07, 6.45) is 4.69. The predicted octanol–water partition coefficient (Wildman–Crippen LogP) is 4.53. The van der Waals surface area contributed by atoms with E-state index in [1.807, 2.05) is 12.1 Å². The van der Waals surface area contributed by atoms with Gasteiger partial charge in [0.25, 0.3) is 5.88 Å². The molecule has 1 fully saturated rings. The second-order valence-electron chi connectivity index (χ2n) is 8.34. The third kappa shape index (κ3) is 8.04. The number of piperidine rings is 1. The molecule has 3 aromatic rings. The molecule has 0 saturated carbocycles. The Morgan fingerprint density at radius 1 is 1.09 bits per heavy atom. The molecular weight excluding hydrogens is 436 g/mol. The molecule has 0 amide bonds. The lowest BCUT2D eigenvalue weighted by molar-refractivity contribution is -0.134. The van der Waals surface area contributed by atoms with Crippen molar-refractivity contribution in [2.75, 3.05) is 19.7 Å². The minimum Gasteiger partial charge on any atom is -0.478 e. The first kappa shape index (κ1) is 25.0. The number of fused-ring (bicyclic) bond motifs is 1. The van der Waals surface area contributed by atoms with Crippen molar-refractivity contribution in [2.45, 2.75) is 32.7 Å². The summed E-state index contributed by atoms with van der Waals surface area (Å²) in [5, 5.41) is 20.7. The Morgan fingerprint density at radius 2 is 1.76 bits per heavy atom. The van der Waals surface area contributed by atoms with Crippen LogP contribution >= 0.6 is 0 Å². The van der Waals surface area contributed by atoms with E-state index in [4.69, 9.17) is 19.5 Å². The molecule has 1 aliphatic heterocycles. The van der Waals surface area contributed by atoms with E-state index < -0.39 is 11.9 Å². The Bertz CT molecular complexity index is 1080. The van der Waals surface area contributed by atoms with Crippen LogP contribution in [0.5, 0.6) is 5.88 Å². The van der Waals surface area contributed by atoms with E-state index >= 15 is 0 Å². The molecule has 4 rings (SSSR count). The molecule has 2 N–H and O–H groups in total. The molecule has 8 heteroatoms. The first-order chi connectivity index (χ1) is 16.4. The van der Waals surface area contributed by atoms with Crippen molar-refractivity contribution in [3.8, 4) is 5.88 Å². The number of carboxylic acids is 2. The fourth-order valence-electron chi connectivity index (χ4n) is 3.87. The summed E-state index contributed by atoms with van der Waals surface area (Å²) in [5.74, 6) is -1.15. The van der Waals surface area contributed by atoms with E-state index in [2.05, 4.69) is 53.4 Å². The lowest BCUT2D eigenvalue weighted by Gasteiger charge is -2.31. The van der Waals surface area contributed by atoms with Crippen molar-refractivity contribution < 1.29 is 29.1 Å². The number of nitrogens with zero attached hydrogens (tertiary/aromatic N) is 2. The van der Waals surface area contributed by atoms with E-state index in [-0.39, 0.29) is 0 Å². The van der Waals surface area contributed by atoms with Crippen molar-refractivity contribution >= 4 is 22.9 Å². The third-order valence-electron chi connectivity index (χ3n) is 5.68. The van der Waals surface area contributed by atoms with Gasteiger partial charge in [-0.3, -0.25) is 4.90 Å². The van der Waals surface area contributed by atoms with Gasteiger partial charge in [-0.05, 0) is 68.0 Å². The summed E-state index contributed by atoms with van der Waals surface area (Å²) in [6, 6.07) is 16.8. The van der Waals surface area contributed by atoms with Crippen LogP contribution in [0.1, 0.15) is 30.4 Å². The van der Waals surface area contributed by atoms with Gasteiger partial charge < -0.3 is 19.5 Å². The highest BCUT2D eigenvalue weighted by atomic mass is 16.5. The molecule has 0 atom stereocenters. The van der Waals surface area contributed by atoms with Crippen LogP contribution in [-0.2, 0) is 16.1 Å². The van der Waals surface area contributed by atoms with Gasteiger partial charge >= 0.3 is 11.9 Å².